The number of aromatic nitrogens is 3. The predicted octanol–water partition coefficient (Wildman–Crippen LogP) is 3.81. The highest BCUT2D eigenvalue weighted by Gasteiger charge is 2.30. The number of rotatable bonds is 6. The Morgan fingerprint density at radius 2 is 2.10 bits per heavy atom. The summed E-state index contributed by atoms with van der Waals surface area (Å²) in [4.78, 5) is 29.5. The molecule has 3 aromatic rings. The first kappa shape index (κ1) is 20.0. The van der Waals surface area contributed by atoms with E-state index in [2.05, 4.69) is 20.5 Å². The van der Waals surface area contributed by atoms with E-state index in [1.807, 2.05) is 35.2 Å². The number of non-ortho nitro benzene ring substituents is 1. The molecule has 0 saturated carbocycles. The molecule has 2 N–H and O–H groups in total. The summed E-state index contributed by atoms with van der Waals surface area (Å²) < 4.78 is 0. The van der Waals surface area contributed by atoms with Gasteiger partial charge in [0, 0.05) is 17.7 Å². The van der Waals surface area contributed by atoms with Crippen molar-refractivity contribution in [1.29, 1.82) is 0 Å². The van der Waals surface area contributed by atoms with Gasteiger partial charge in [0.1, 0.15) is 5.82 Å². The Balaban J connectivity index is 1.43. The number of nitro benzene ring substituents is 1. The monoisotopic (exact) mass is 426 g/mol. The number of hydrogen-bond donors (Lipinski definition) is 2. The van der Waals surface area contributed by atoms with Crippen molar-refractivity contribution in [3.8, 4) is 11.4 Å². The van der Waals surface area contributed by atoms with Crippen molar-refractivity contribution in [2.45, 2.75) is 18.9 Å². The molecule has 10 heteroatoms. The number of carbonyl (C=O) groups excluding carboxylic acids is 1. The van der Waals surface area contributed by atoms with Crippen molar-refractivity contribution < 1.29 is 9.72 Å². The SMILES string of the molecule is O=C(CN1CCC[C@@H]1c1nc(-c2ccccc2)n[nH]1)Nc1ccc([N+](=O)[O-])cc1Cl. The summed E-state index contributed by atoms with van der Waals surface area (Å²) >= 11 is 6.06. The van der Waals surface area contributed by atoms with Gasteiger partial charge in [-0.1, -0.05) is 41.9 Å². The number of aromatic amines is 1. The first-order valence-electron chi connectivity index (χ1n) is 9.47. The third-order valence-corrected chi connectivity index (χ3v) is 5.31. The summed E-state index contributed by atoms with van der Waals surface area (Å²) in [6.45, 7) is 0.910. The zero-order valence-corrected chi connectivity index (χ0v) is 16.7. The lowest BCUT2D eigenvalue weighted by atomic mass is 10.2. The molecule has 0 radical (unpaired) electrons. The molecule has 9 nitrogen and oxygen atoms in total. The molecule has 1 fully saturated rings. The van der Waals surface area contributed by atoms with E-state index in [-0.39, 0.29) is 29.2 Å². The van der Waals surface area contributed by atoms with Gasteiger partial charge in [-0.25, -0.2) is 4.98 Å². The lowest BCUT2D eigenvalue weighted by Gasteiger charge is -2.22. The van der Waals surface area contributed by atoms with Crippen molar-refractivity contribution in [2.24, 2.45) is 0 Å². The summed E-state index contributed by atoms with van der Waals surface area (Å²) in [6, 6.07) is 13.6. The van der Waals surface area contributed by atoms with Crippen LogP contribution in [0.2, 0.25) is 5.02 Å². The fraction of sp³-hybridized carbons (Fsp3) is 0.250. The smallest absolute Gasteiger partial charge is 0.271 e. The molecule has 2 aromatic carbocycles. The van der Waals surface area contributed by atoms with Gasteiger partial charge in [-0.2, -0.15) is 5.10 Å². The molecule has 0 aliphatic carbocycles. The number of hydrogen-bond acceptors (Lipinski definition) is 6. The lowest BCUT2D eigenvalue weighted by molar-refractivity contribution is -0.384. The lowest BCUT2D eigenvalue weighted by Crippen LogP contribution is -2.33. The molecule has 1 saturated heterocycles. The maximum Gasteiger partial charge on any atom is 0.271 e. The Bertz CT molecular complexity index is 1070. The van der Waals surface area contributed by atoms with Crippen LogP contribution in [-0.4, -0.2) is 44.0 Å². The van der Waals surface area contributed by atoms with Crippen molar-refractivity contribution in [3.63, 3.8) is 0 Å². The van der Waals surface area contributed by atoms with E-state index >= 15 is 0 Å². The summed E-state index contributed by atoms with van der Waals surface area (Å²) in [6.07, 6.45) is 1.81. The second-order valence-corrected chi connectivity index (χ2v) is 7.42. The Morgan fingerprint density at radius 1 is 1.30 bits per heavy atom. The fourth-order valence-corrected chi connectivity index (χ4v) is 3.78. The van der Waals surface area contributed by atoms with Gasteiger partial charge in [0.25, 0.3) is 5.69 Å². The Hall–Kier alpha value is -3.30. The van der Waals surface area contributed by atoms with Gasteiger partial charge < -0.3 is 5.32 Å². The topological polar surface area (TPSA) is 117 Å². The molecule has 30 heavy (non-hydrogen) atoms. The zero-order valence-electron chi connectivity index (χ0n) is 15.9. The summed E-state index contributed by atoms with van der Waals surface area (Å²) in [5.41, 5.74) is 1.14. The largest absolute Gasteiger partial charge is 0.324 e. The van der Waals surface area contributed by atoms with Crippen molar-refractivity contribution in [3.05, 3.63) is 69.5 Å². The third-order valence-electron chi connectivity index (χ3n) is 5.00. The van der Waals surface area contributed by atoms with Gasteiger partial charge >= 0.3 is 0 Å². The molecule has 1 aliphatic heterocycles. The van der Waals surface area contributed by atoms with Crippen LogP contribution in [0.4, 0.5) is 11.4 Å². The van der Waals surface area contributed by atoms with Crippen LogP contribution in [0, 0.1) is 10.1 Å². The van der Waals surface area contributed by atoms with Gasteiger partial charge in [0.2, 0.25) is 5.91 Å². The zero-order chi connectivity index (χ0) is 21.1. The van der Waals surface area contributed by atoms with Crippen LogP contribution >= 0.6 is 11.6 Å². The predicted molar refractivity (Wildman–Crippen MR) is 112 cm³/mol. The Labute approximate surface area is 177 Å². The van der Waals surface area contributed by atoms with Gasteiger partial charge in [0.05, 0.1) is 28.2 Å². The molecule has 1 aromatic heterocycles. The standard InChI is InChI=1S/C20H19ClN6O3/c21-15-11-14(27(29)30)8-9-16(15)22-18(28)12-26-10-4-7-17(26)20-23-19(24-25-20)13-5-2-1-3-6-13/h1-3,5-6,8-9,11,17H,4,7,10,12H2,(H,22,28)(H,23,24,25)/t17-/m1/s1. The van der Waals surface area contributed by atoms with Gasteiger partial charge in [-0.3, -0.25) is 24.9 Å². The average Bonchev–Trinajstić information content (AvgIpc) is 3.39. The molecule has 1 amide bonds. The maximum absolute atomic E-state index is 12.6. The number of halogens is 1. The van der Waals surface area contributed by atoms with Crippen LogP contribution in [0.25, 0.3) is 11.4 Å². The maximum atomic E-state index is 12.6. The highest BCUT2D eigenvalue weighted by Crippen LogP contribution is 2.31. The van der Waals surface area contributed by atoms with Gasteiger partial charge in [0.15, 0.2) is 5.82 Å². The molecular weight excluding hydrogens is 408 g/mol. The highest BCUT2D eigenvalue weighted by molar-refractivity contribution is 6.34. The number of H-pyrrole nitrogens is 1. The highest BCUT2D eigenvalue weighted by atomic mass is 35.5. The summed E-state index contributed by atoms with van der Waals surface area (Å²) in [5.74, 6) is 1.10. The van der Waals surface area contributed by atoms with E-state index in [0.717, 1.165) is 30.8 Å². The van der Waals surface area contributed by atoms with Crippen LogP contribution in [-0.2, 0) is 4.79 Å². The molecule has 154 valence electrons. The number of anilines is 1. The minimum Gasteiger partial charge on any atom is -0.324 e. The number of benzene rings is 2. The minimum absolute atomic E-state index is 0.0342. The molecule has 0 unspecified atom stereocenters. The summed E-state index contributed by atoms with van der Waals surface area (Å²) in [7, 11) is 0. The van der Waals surface area contributed by atoms with E-state index < -0.39 is 4.92 Å². The molecule has 1 aliphatic rings. The first-order valence-corrected chi connectivity index (χ1v) is 9.84. The van der Waals surface area contributed by atoms with Crippen LogP contribution in [0.15, 0.2) is 48.5 Å². The van der Waals surface area contributed by atoms with E-state index in [0.29, 0.717) is 11.5 Å². The van der Waals surface area contributed by atoms with Crippen LogP contribution < -0.4 is 5.32 Å². The molecule has 4 rings (SSSR count). The first-order chi connectivity index (χ1) is 14.5. The van der Waals surface area contributed by atoms with Crippen LogP contribution in [0.5, 0.6) is 0 Å². The number of likely N-dealkylation sites (tertiary alicyclic amines) is 1. The Kier molecular flexibility index (Phi) is 5.73. The average molecular weight is 427 g/mol. The molecular formula is C20H19ClN6O3. The number of amides is 1. The van der Waals surface area contributed by atoms with Gasteiger partial charge in [-0.15, -0.1) is 0 Å². The molecule has 0 spiro atoms. The number of nitro groups is 1. The normalized spacial score (nSPS) is 16.5. The van der Waals surface area contributed by atoms with Gasteiger partial charge in [-0.05, 0) is 25.5 Å². The number of nitrogens with zero attached hydrogens (tertiary/aromatic N) is 4. The van der Waals surface area contributed by atoms with E-state index in [4.69, 9.17) is 11.6 Å². The van der Waals surface area contributed by atoms with Crippen LogP contribution in [0.1, 0.15) is 24.7 Å². The van der Waals surface area contributed by atoms with Crippen LogP contribution in [0.3, 0.4) is 0 Å². The fourth-order valence-electron chi connectivity index (χ4n) is 3.56. The second-order valence-electron chi connectivity index (χ2n) is 7.01. The third kappa shape index (κ3) is 4.32. The molecule has 1 atom stereocenters. The molecule has 2 heterocycles. The van der Waals surface area contributed by atoms with Crippen molar-refractivity contribution in [1.82, 2.24) is 20.1 Å². The quantitative estimate of drug-likeness (QED) is 0.457. The molecule has 0 bridgehead atoms. The van der Waals surface area contributed by atoms with Crippen molar-refractivity contribution in [2.75, 3.05) is 18.4 Å². The van der Waals surface area contributed by atoms with Crippen molar-refractivity contribution >= 4 is 28.9 Å². The Morgan fingerprint density at radius 3 is 2.83 bits per heavy atom. The van der Waals surface area contributed by atoms with E-state index in [1.165, 1.54) is 18.2 Å². The van der Waals surface area contributed by atoms with E-state index in [9.17, 15) is 14.9 Å². The minimum atomic E-state index is -0.534. The summed E-state index contributed by atoms with van der Waals surface area (Å²) in [5, 5.41) is 21.0. The number of carbonyl (C=O) groups is 1. The number of nitrogens with one attached hydrogen (secondary N) is 2. The van der Waals surface area contributed by atoms with E-state index in [1.54, 1.807) is 0 Å². The second kappa shape index (κ2) is 8.60.